The van der Waals surface area contributed by atoms with Gasteiger partial charge in [0.2, 0.25) is 0 Å². The van der Waals surface area contributed by atoms with Crippen molar-refractivity contribution < 1.29 is 0 Å². The zero-order valence-corrected chi connectivity index (χ0v) is 11.8. The number of aromatic nitrogens is 3. The van der Waals surface area contributed by atoms with Crippen molar-refractivity contribution in [1.82, 2.24) is 20.3 Å². The van der Waals surface area contributed by atoms with Crippen molar-refractivity contribution >= 4 is 22.4 Å². The number of fused-ring (bicyclic) bond motifs is 1. The fourth-order valence-electron chi connectivity index (χ4n) is 2.08. The minimum absolute atomic E-state index is 0.125. The van der Waals surface area contributed by atoms with Gasteiger partial charge in [-0.3, -0.25) is 0 Å². The molecule has 3 aromatic heterocycles. The molecule has 3 heterocycles. The summed E-state index contributed by atoms with van der Waals surface area (Å²) in [4.78, 5) is 11.9. The summed E-state index contributed by atoms with van der Waals surface area (Å²) in [5.74, 6) is 0. The van der Waals surface area contributed by atoms with E-state index in [1.165, 1.54) is 10.9 Å². The molecule has 0 bridgehead atoms. The Morgan fingerprint density at radius 2 is 2.21 bits per heavy atom. The van der Waals surface area contributed by atoms with Crippen LogP contribution in [0, 0.1) is 0 Å². The molecule has 0 aliphatic heterocycles. The molecule has 0 radical (unpaired) electrons. The minimum atomic E-state index is -0.125. The highest BCUT2D eigenvalue weighted by Crippen LogP contribution is 2.23. The quantitative estimate of drug-likeness (QED) is 0.767. The average Bonchev–Trinajstić information content (AvgIpc) is 3.07. The molecule has 0 saturated carbocycles. The number of H-pyrrole nitrogens is 1. The molecule has 0 aliphatic rings. The Morgan fingerprint density at radius 1 is 1.32 bits per heavy atom. The van der Waals surface area contributed by atoms with E-state index in [1.807, 2.05) is 23.8 Å². The van der Waals surface area contributed by atoms with Gasteiger partial charge in [-0.05, 0) is 31.5 Å². The number of pyridine rings is 1. The van der Waals surface area contributed by atoms with Gasteiger partial charge in [0.15, 0.2) is 0 Å². The van der Waals surface area contributed by atoms with Gasteiger partial charge in [-0.25, -0.2) is 9.97 Å². The molecule has 98 valence electrons. The van der Waals surface area contributed by atoms with E-state index >= 15 is 0 Å². The summed E-state index contributed by atoms with van der Waals surface area (Å²) in [6, 6.07) is 4.05. The van der Waals surface area contributed by atoms with E-state index in [4.69, 9.17) is 0 Å². The normalized spacial score (nSPS) is 12.1. The largest absolute Gasteiger partial charge is 0.346 e. The van der Waals surface area contributed by atoms with Gasteiger partial charge in [0, 0.05) is 35.9 Å². The number of hydrogen-bond donors (Lipinski definition) is 2. The van der Waals surface area contributed by atoms with E-state index in [0.29, 0.717) is 0 Å². The lowest BCUT2D eigenvalue weighted by Crippen LogP contribution is -2.35. The summed E-state index contributed by atoms with van der Waals surface area (Å²) in [6.07, 6.45) is 5.66. The molecular weight excluding hydrogens is 256 g/mol. The van der Waals surface area contributed by atoms with Gasteiger partial charge in [-0.15, -0.1) is 11.3 Å². The Kier molecular flexibility index (Phi) is 3.08. The van der Waals surface area contributed by atoms with Crippen LogP contribution >= 0.6 is 11.3 Å². The predicted molar refractivity (Wildman–Crippen MR) is 78.1 cm³/mol. The summed E-state index contributed by atoms with van der Waals surface area (Å²) in [6.45, 7) is 5.09. The molecule has 4 nitrogen and oxygen atoms in total. The third-order valence-corrected chi connectivity index (χ3v) is 4.32. The standard InChI is InChI=1S/C14H16N4S/c1-14(2,13-16-6-7-19-13)18-9-10-8-17-12-11(10)4-3-5-15-12/h3-8,18H,9H2,1-2H3,(H,15,17). The van der Waals surface area contributed by atoms with Gasteiger partial charge < -0.3 is 10.3 Å². The monoisotopic (exact) mass is 272 g/mol. The zero-order valence-electron chi connectivity index (χ0n) is 11.0. The van der Waals surface area contributed by atoms with Crippen LogP contribution in [0.15, 0.2) is 36.1 Å². The molecule has 0 fully saturated rings. The molecule has 5 heteroatoms. The molecule has 0 saturated heterocycles. The number of hydrogen-bond acceptors (Lipinski definition) is 4. The molecule has 3 rings (SSSR count). The molecule has 0 spiro atoms. The van der Waals surface area contributed by atoms with Crippen molar-refractivity contribution in [2.24, 2.45) is 0 Å². The van der Waals surface area contributed by atoms with Crippen molar-refractivity contribution in [3.05, 3.63) is 46.7 Å². The highest BCUT2D eigenvalue weighted by Gasteiger charge is 2.22. The van der Waals surface area contributed by atoms with Crippen LogP contribution in [-0.2, 0) is 12.1 Å². The lowest BCUT2D eigenvalue weighted by atomic mass is 10.1. The first-order valence-electron chi connectivity index (χ1n) is 6.23. The Bertz CT molecular complexity index is 670. The lowest BCUT2D eigenvalue weighted by Gasteiger charge is -2.23. The van der Waals surface area contributed by atoms with Crippen molar-refractivity contribution in [3.63, 3.8) is 0 Å². The predicted octanol–water partition coefficient (Wildman–Crippen LogP) is 3.04. The van der Waals surface area contributed by atoms with Crippen LogP contribution in [0.3, 0.4) is 0 Å². The molecule has 0 atom stereocenters. The molecule has 3 aromatic rings. The van der Waals surface area contributed by atoms with Gasteiger partial charge in [-0.2, -0.15) is 0 Å². The van der Waals surface area contributed by atoms with Gasteiger partial charge in [0.25, 0.3) is 0 Å². The number of nitrogens with one attached hydrogen (secondary N) is 2. The lowest BCUT2D eigenvalue weighted by molar-refractivity contribution is 0.400. The molecular formula is C14H16N4S. The maximum Gasteiger partial charge on any atom is 0.137 e. The van der Waals surface area contributed by atoms with E-state index < -0.39 is 0 Å². The highest BCUT2D eigenvalue weighted by atomic mass is 32.1. The Hall–Kier alpha value is -1.72. The van der Waals surface area contributed by atoms with Crippen LogP contribution in [0.2, 0.25) is 0 Å². The van der Waals surface area contributed by atoms with Gasteiger partial charge in [-0.1, -0.05) is 0 Å². The van der Waals surface area contributed by atoms with Crippen molar-refractivity contribution in [3.8, 4) is 0 Å². The highest BCUT2D eigenvalue weighted by molar-refractivity contribution is 7.09. The van der Waals surface area contributed by atoms with Gasteiger partial charge in [0.1, 0.15) is 10.7 Å². The Morgan fingerprint density at radius 3 is 3.00 bits per heavy atom. The summed E-state index contributed by atoms with van der Waals surface area (Å²) in [7, 11) is 0. The maximum absolute atomic E-state index is 4.39. The first kappa shape index (κ1) is 12.3. The second-order valence-electron chi connectivity index (χ2n) is 5.03. The first-order chi connectivity index (χ1) is 9.17. The smallest absolute Gasteiger partial charge is 0.137 e. The molecule has 0 aromatic carbocycles. The van der Waals surface area contributed by atoms with E-state index in [0.717, 1.165) is 17.2 Å². The number of aromatic amines is 1. The summed E-state index contributed by atoms with van der Waals surface area (Å²) >= 11 is 1.68. The van der Waals surface area contributed by atoms with Crippen LogP contribution in [0.25, 0.3) is 11.0 Å². The molecule has 0 aliphatic carbocycles. The Balaban J connectivity index is 1.79. The summed E-state index contributed by atoms with van der Waals surface area (Å²) in [5.41, 5.74) is 2.04. The summed E-state index contributed by atoms with van der Waals surface area (Å²) < 4.78 is 0. The molecule has 19 heavy (non-hydrogen) atoms. The van der Waals surface area contributed by atoms with E-state index in [2.05, 4.69) is 40.2 Å². The van der Waals surface area contributed by atoms with Gasteiger partial charge >= 0.3 is 0 Å². The van der Waals surface area contributed by atoms with Crippen molar-refractivity contribution in [1.29, 1.82) is 0 Å². The van der Waals surface area contributed by atoms with Crippen LogP contribution in [0.1, 0.15) is 24.4 Å². The minimum Gasteiger partial charge on any atom is -0.346 e. The van der Waals surface area contributed by atoms with Crippen LogP contribution in [0.5, 0.6) is 0 Å². The van der Waals surface area contributed by atoms with Gasteiger partial charge in [0.05, 0.1) is 5.54 Å². The molecule has 0 amide bonds. The molecule has 0 unspecified atom stereocenters. The van der Waals surface area contributed by atoms with E-state index in [9.17, 15) is 0 Å². The van der Waals surface area contributed by atoms with Crippen LogP contribution < -0.4 is 5.32 Å². The number of rotatable bonds is 4. The third-order valence-electron chi connectivity index (χ3n) is 3.22. The Labute approximate surface area is 115 Å². The average molecular weight is 272 g/mol. The topological polar surface area (TPSA) is 53.6 Å². The second kappa shape index (κ2) is 4.75. The summed E-state index contributed by atoms with van der Waals surface area (Å²) in [5, 5.41) is 7.84. The number of thiazole rings is 1. The maximum atomic E-state index is 4.39. The SMILES string of the molecule is CC(C)(NCc1c[nH]c2ncccc12)c1nccs1. The zero-order chi connectivity index (χ0) is 13.3. The third kappa shape index (κ3) is 2.39. The molecule has 2 N–H and O–H groups in total. The van der Waals surface area contributed by atoms with Crippen molar-refractivity contribution in [2.75, 3.05) is 0 Å². The fourth-order valence-corrected chi connectivity index (χ4v) is 2.82. The van der Waals surface area contributed by atoms with Crippen LogP contribution in [-0.4, -0.2) is 15.0 Å². The van der Waals surface area contributed by atoms with E-state index in [1.54, 1.807) is 17.5 Å². The second-order valence-corrected chi connectivity index (χ2v) is 5.92. The number of nitrogens with zero attached hydrogens (tertiary/aromatic N) is 2. The van der Waals surface area contributed by atoms with E-state index in [-0.39, 0.29) is 5.54 Å². The van der Waals surface area contributed by atoms with Crippen molar-refractivity contribution in [2.45, 2.75) is 25.9 Å². The fraction of sp³-hybridized carbons (Fsp3) is 0.286. The first-order valence-corrected chi connectivity index (χ1v) is 7.11. The van der Waals surface area contributed by atoms with Crippen LogP contribution in [0.4, 0.5) is 0 Å².